The number of guanidine groups is 1. The molecule has 1 amide bonds. The molecule has 134 valence electrons. The van der Waals surface area contributed by atoms with Gasteiger partial charge in [0.2, 0.25) is 5.91 Å². The van der Waals surface area contributed by atoms with Crippen molar-refractivity contribution in [3.63, 3.8) is 0 Å². The summed E-state index contributed by atoms with van der Waals surface area (Å²) in [5, 5.41) is 3.42. The molecule has 0 radical (unpaired) electrons. The highest BCUT2D eigenvalue weighted by Crippen LogP contribution is 2.29. The predicted octanol–water partition coefficient (Wildman–Crippen LogP) is 2.56. The molecule has 0 aromatic carbocycles. The third-order valence-electron chi connectivity index (χ3n) is 5.12. The maximum atomic E-state index is 11.4. The van der Waals surface area contributed by atoms with E-state index in [0.29, 0.717) is 0 Å². The van der Waals surface area contributed by atoms with Gasteiger partial charge in [0.25, 0.3) is 0 Å². The van der Waals surface area contributed by atoms with Gasteiger partial charge in [-0.3, -0.25) is 9.79 Å². The molecule has 1 N–H and O–H groups in total. The lowest BCUT2D eigenvalue weighted by atomic mass is 9.80. The fourth-order valence-electron chi connectivity index (χ4n) is 3.53. The monoisotopic (exact) mass is 436 g/mol. The molecule has 2 aliphatic rings. The van der Waals surface area contributed by atoms with Crippen molar-refractivity contribution in [2.75, 3.05) is 39.3 Å². The average molecular weight is 436 g/mol. The molecule has 2 fully saturated rings. The number of hydrogen-bond acceptors (Lipinski definition) is 2. The SMILES string of the molecule is CCNC(=NCC1CCCCC1C)N1CCN(C(C)=O)CC1.I. The highest BCUT2D eigenvalue weighted by molar-refractivity contribution is 14.0. The zero-order valence-electron chi connectivity index (χ0n) is 14.9. The molecular weight excluding hydrogens is 403 g/mol. The zero-order chi connectivity index (χ0) is 15.9. The van der Waals surface area contributed by atoms with Crippen LogP contribution in [0.15, 0.2) is 4.99 Å². The molecule has 5 nitrogen and oxygen atoms in total. The lowest BCUT2D eigenvalue weighted by Crippen LogP contribution is -2.53. The molecule has 6 heteroatoms. The van der Waals surface area contributed by atoms with Crippen molar-refractivity contribution < 1.29 is 4.79 Å². The van der Waals surface area contributed by atoms with Gasteiger partial charge >= 0.3 is 0 Å². The third-order valence-corrected chi connectivity index (χ3v) is 5.12. The molecule has 0 bridgehead atoms. The number of nitrogens with one attached hydrogen (secondary N) is 1. The summed E-state index contributed by atoms with van der Waals surface area (Å²) in [5.74, 6) is 2.75. The number of halogens is 1. The largest absolute Gasteiger partial charge is 0.357 e. The summed E-state index contributed by atoms with van der Waals surface area (Å²) >= 11 is 0. The van der Waals surface area contributed by atoms with Crippen LogP contribution in [0.4, 0.5) is 0 Å². The van der Waals surface area contributed by atoms with Gasteiger partial charge in [-0.15, -0.1) is 24.0 Å². The summed E-state index contributed by atoms with van der Waals surface area (Å²) < 4.78 is 0. The van der Waals surface area contributed by atoms with Crippen LogP contribution in [0.3, 0.4) is 0 Å². The van der Waals surface area contributed by atoms with Crippen molar-refractivity contribution >= 4 is 35.8 Å². The number of hydrogen-bond donors (Lipinski definition) is 1. The minimum atomic E-state index is 0. The van der Waals surface area contributed by atoms with Crippen molar-refractivity contribution in [3.8, 4) is 0 Å². The van der Waals surface area contributed by atoms with E-state index < -0.39 is 0 Å². The van der Waals surface area contributed by atoms with Crippen molar-refractivity contribution in [2.45, 2.75) is 46.5 Å². The second-order valence-electron chi connectivity index (χ2n) is 6.71. The molecule has 23 heavy (non-hydrogen) atoms. The molecule has 1 saturated heterocycles. The Hall–Kier alpha value is -0.530. The van der Waals surface area contributed by atoms with E-state index in [-0.39, 0.29) is 29.9 Å². The van der Waals surface area contributed by atoms with E-state index in [4.69, 9.17) is 4.99 Å². The highest BCUT2D eigenvalue weighted by Gasteiger charge is 2.23. The van der Waals surface area contributed by atoms with Gasteiger partial charge in [0.05, 0.1) is 0 Å². The molecule has 0 spiro atoms. The summed E-state index contributed by atoms with van der Waals surface area (Å²) in [6.45, 7) is 11.3. The number of amides is 1. The first-order valence-corrected chi connectivity index (χ1v) is 8.90. The first kappa shape index (κ1) is 20.5. The number of piperazine rings is 1. The Morgan fingerprint density at radius 3 is 2.30 bits per heavy atom. The van der Waals surface area contributed by atoms with Crippen LogP contribution in [0.5, 0.6) is 0 Å². The van der Waals surface area contributed by atoms with Gasteiger partial charge < -0.3 is 15.1 Å². The number of carbonyl (C=O) groups excluding carboxylic acids is 1. The quantitative estimate of drug-likeness (QED) is 0.420. The summed E-state index contributed by atoms with van der Waals surface area (Å²) in [7, 11) is 0. The number of carbonyl (C=O) groups is 1. The van der Waals surface area contributed by atoms with Crippen molar-refractivity contribution in [1.29, 1.82) is 0 Å². The van der Waals surface area contributed by atoms with Crippen LogP contribution in [0.1, 0.15) is 46.5 Å². The molecule has 1 saturated carbocycles. The lowest BCUT2D eigenvalue weighted by Gasteiger charge is -2.36. The van der Waals surface area contributed by atoms with Crippen LogP contribution < -0.4 is 5.32 Å². The van der Waals surface area contributed by atoms with Crippen molar-refractivity contribution in [2.24, 2.45) is 16.8 Å². The molecule has 2 rings (SSSR count). The summed E-state index contributed by atoms with van der Waals surface area (Å²) in [6, 6.07) is 0. The topological polar surface area (TPSA) is 47.9 Å². The molecule has 1 aliphatic heterocycles. The normalized spacial score (nSPS) is 25.8. The first-order chi connectivity index (χ1) is 10.6. The summed E-state index contributed by atoms with van der Waals surface area (Å²) in [5.41, 5.74) is 0. The summed E-state index contributed by atoms with van der Waals surface area (Å²) in [4.78, 5) is 20.6. The van der Waals surface area contributed by atoms with E-state index in [9.17, 15) is 4.79 Å². The number of aliphatic imine (C=N–C) groups is 1. The Bertz CT molecular complexity index is 394. The second-order valence-corrected chi connectivity index (χ2v) is 6.71. The van der Waals surface area contributed by atoms with E-state index in [1.54, 1.807) is 6.92 Å². The maximum absolute atomic E-state index is 11.4. The highest BCUT2D eigenvalue weighted by atomic mass is 127. The van der Waals surface area contributed by atoms with E-state index in [1.807, 2.05) is 4.90 Å². The van der Waals surface area contributed by atoms with Gasteiger partial charge in [0, 0.05) is 46.2 Å². The van der Waals surface area contributed by atoms with E-state index >= 15 is 0 Å². The fraction of sp³-hybridized carbons (Fsp3) is 0.882. The molecule has 2 unspecified atom stereocenters. The molecule has 0 aromatic rings. The van der Waals surface area contributed by atoms with Gasteiger partial charge in [0.1, 0.15) is 0 Å². The lowest BCUT2D eigenvalue weighted by molar-refractivity contribution is -0.130. The van der Waals surface area contributed by atoms with Crippen LogP contribution in [-0.4, -0.2) is 60.9 Å². The first-order valence-electron chi connectivity index (χ1n) is 8.90. The van der Waals surface area contributed by atoms with Crippen LogP contribution in [-0.2, 0) is 4.79 Å². The Labute approximate surface area is 158 Å². The molecule has 1 aliphatic carbocycles. The van der Waals surface area contributed by atoms with Gasteiger partial charge in [-0.25, -0.2) is 0 Å². The Balaban J connectivity index is 0.00000264. The molecule has 1 heterocycles. The van der Waals surface area contributed by atoms with Crippen LogP contribution in [0.25, 0.3) is 0 Å². The maximum Gasteiger partial charge on any atom is 0.219 e. The van der Waals surface area contributed by atoms with Crippen LogP contribution in [0, 0.1) is 11.8 Å². The van der Waals surface area contributed by atoms with Gasteiger partial charge in [0.15, 0.2) is 5.96 Å². The van der Waals surface area contributed by atoms with E-state index in [0.717, 1.165) is 57.1 Å². The predicted molar refractivity (Wildman–Crippen MR) is 106 cm³/mol. The van der Waals surface area contributed by atoms with Crippen molar-refractivity contribution in [3.05, 3.63) is 0 Å². The van der Waals surface area contributed by atoms with Gasteiger partial charge in [-0.2, -0.15) is 0 Å². The van der Waals surface area contributed by atoms with Crippen molar-refractivity contribution in [1.82, 2.24) is 15.1 Å². The Morgan fingerprint density at radius 2 is 1.74 bits per heavy atom. The number of rotatable bonds is 3. The minimum Gasteiger partial charge on any atom is -0.357 e. The van der Waals surface area contributed by atoms with Crippen LogP contribution in [0.2, 0.25) is 0 Å². The standard InChI is InChI=1S/C17H32N4O.HI/c1-4-18-17(19-13-16-8-6-5-7-14(16)2)21-11-9-20(10-12-21)15(3)22;/h14,16H,4-13H2,1-3H3,(H,18,19);1H. The minimum absolute atomic E-state index is 0. The number of nitrogens with zero attached hydrogens (tertiary/aromatic N) is 3. The zero-order valence-corrected chi connectivity index (χ0v) is 17.2. The Kier molecular flexibility index (Phi) is 9.24. The van der Waals surface area contributed by atoms with E-state index in [2.05, 4.69) is 24.1 Å². The van der Waals surface area contributed by atoms with Gasteiger partial charge in [-0.1, -0.05) is 26.2 Å². The molecular formula is C17H33IN4O. The fourth-order valence-corrected chi connectivity index (χ4v) is 3.53. The summed E-state index contributed by atoms with van der Waals surface area (Å²) in [6.07, 6.45) is 5.42. The second kappa shape index (κ2) is 10.4. The smallest absolute Gasteiger partial charge is 0.219 e. The van der Waals surface area contributed by atoms with E-state index in [1.165, 1.54) is 25.7 Å². The van der Waals surface area contributed by atoms with Crippen LogP contribution >= 0.6 is 24.0 Å². The Morgan fingerprint density at radius 1 is 1.13 bits per heavy atom. The third kappa shape index (κ3) is 6.12. The average Bonchev–Trinajstić information content (AvgIpc) is 2.53. The molecule has 2 atom stereocenters. The molecule has 0 aromatic heterocycles. The van der Waals surface area contributed by atoms with Gasteiger partial charge in [-0.05, 0) is 25.2 Å².